The molecule has 0 saturated heterocycles. The molecule has 0 aromatic carbocycles. The Labute approximate surface area is 98.1 Å². The summed E-state index contributed by atoms with van der Waals surface area (Å²) in [5.41, 5.74) is 0.416. The Morgan fingerprint density at radius 3 is 2.56 bits per heavy atom. The monoisotopic (exact) mass is 222 g/mol. The molecule has 0 bridgehead atoms. The molecule has 16 heavy (non-hydrogen) atoms. The topological polar surface area (TPSA) is 34.1 Å². The van der Waals surface area contributed by atoms with Crippen LogP contribution in [0.5, 0.6) is 0 Å². The molecule has 0 fully saturated rings. The minimum Gasteiger partial charge on any atom is -0.299 e. The van der Waals surface area contributed by atoms with Gasteiger partial charge in [-0.25, -0.2) is 0 Å². The van der Waals surface area contributed by atoms with E-state index in [1.165, 1.54) is 31.8 Å². The third kappa shape index (κ3) is 2.81. The van der Waals surface area contributed by atoms with Crippen molar-refractivity contribution >= 4 is 11.6 Å². The van der Waals surface area contributed by atoms with E-state index in [1.54, 1.807) is 13.0 Å². The Kier molecular flexibility index (Phi) is 4.45. The number of hydrogen-bond donors (Lipinski definition) is 0. The Morgan fingerprint density at radius 2 is 2.06 bits per heavy atom. The largest absolute Gasteiger partial charge is 0.299 e. The van der Waals surface area contributed by atoms with Gasteiger partial charge in [0, 0.05) is 0 Å². The molecule has 1 aliphatic rings. The maximum Gasteiger partial charge on any atom is 0.169 e. The molecule has 1 aliphatic carbocycles. The van der Waals surface area contributed by atoms with E-state index in [0.717, 1.165) is 12.8 Å². The maximum absolute atomic E-state index is 11.7. The molecule has 0 aliphatic heterocycles. The summed E-state index contributed by atoms with van der Waals surface area (Å²) < 4.78 is 0. The highest BCUT2D eigenvalue weighted by molar-refractivity contribution is 6.13. The van der Waals surface area contributed by atoms with Crippen molar-refractivity contribution in [1.29, 1.82) is 0 Å². The molecule has 2 nitrogen and oxygen atoms in total. The van der Waals surface area contributed by atoms with Gasteiger partial charge in [0.2, 0.25) is 0 Å². The highest BCUT2D eigenvalue weighted by Crippen LogP contribution is 2.37. The summed E-state index contributed by atoms with van der Waals surface area (Å²) in [7, 11) is 0. The molecule has 1 rings (SSSR count). The molecule has 0 aromatic heterocycles. The first-order valence-corrected chi connectivity index (χ1v) is 6.25. The molecule has 0 heterocycles. The highest BCUT2D eigenvalue weighted by atomic mass is 16.2. The van der Waals surface area contributed by atoms with Gasteiger partial charge in [0.05, 0.1) is 5.41 Å². The van der Waals surface area contributed by atoms with Crippen molar-refractivity contribution in [3.8, 4) is 0 Å². The van der Waals surface area contributed by atoms with Crippen molar-refractivity contribution in [1.82, 2.24) is 0 Å². The fourth-order valence-electron chi connectivity index (χ4n) is 2.17. The van der Waals surface area contributed by atoms with Gasteiger partial charge in [0.1, 0.15) is 5.78 Å². The summed E-state index contributed by atoms with van der Waals surface area (Å²) in [6.45, 7) is 5.48. The maximum atomic E-state index is 11.7. The zero-order valence-electron chi connectivity index (χ0n) is 10.6. The Morgan fingerprint density at radius 1 is 1.38 bits per heavy atom. The Hall–Kier alpha value is -0.920. The number of carbonyl (C=O) groups excluding carboxylic acids is 2. The van der Waals surface area contributed by atoms with E-state index >= 15 is 0 Å². The van der Waals surface area contributed by atoms with E-state index in [-0.39, 0.29) is 11.6 Å². The Balaban J connectivity index is 2.46. The van der Waals surface area contributed by atoms with Crippen molar-refractivity contribution in [3.05, 3.63) is 11.6 Å². The minimum atomic E-state index is -0.750. The van der Waals surface area contributed by atoms with Crippen LogP contribution in [0.4, 0.5) is 0 Å². The average molecular weight is 222 g/mol. The second-order valence-corrected chi connectivity index (χ2v) is 5.04. The number of ketones is 2. The van der Waals surface area contributed by atoms with Crippen LogP contribution in [0.1, 0.15) is 59.3 Å². The third-order valence-electron chi connectivity index (χ3n) is 3.59. The lowest BCUT2D eigenvalue weighted by Crippen LogP contribution is -2.30. The second kappa shape index (κ2) is 5.42. The van der Waals surface area contributed by atoms with Gasteiger partial charge in [-0.2, -0.15) is 0 Å². The van der Waals surface area contributed by atoms with E-state index in [4.69, 9.17) is 0 Å². The number of Topliss-reactive ketones (excluding diaryl/α,β-unsaturated/α-hetero) is 1. The SMILES string of the molecule is CCCCCCC1=CC(=O)C(C)(C(C)=O)C1. The molecular formula is C14H22O2. The molecule has 1 unspecified atom stereocenters. The zero-order chi connectivity index (χ0) is 12.2. The molecule has 0 saturated carbocycles. The molecule has 0 amide bonds. The summed E-state index contributed by atoms with van der Waals surface area (Å²) in [6, 6.07) is 0. The lowest BCUT2D eigenvalue weighted by atomic mass is 9.81. The van der Waals surface area contributed by atoms with Gasteiger partial charge in [-0.3, -0.25) is 9.59 Å². The second-order valence-electron chi connectivity index (χ2n) is 5.04. The number of unbranched alkanes of at least 4 members (excludes halogenated alkanes) is 3. The van der Waals surface area contributed by atoms with Crippen molar-refractivity contribution < 1.29 is 9.59 Å². The molecule has 1 atom stereocenters. The molecule has 0 radical (unpaired) electrons. The van der Waals surface area contributed by atoms with Gasteiger partial charge >= 0.3 is 0 Å². The summed E-state index contributed by atoms with van der Waals surface area (Å²) in [5.74, 6) is 0.00259. The van der Waals surface area contributed by atoms with Crippen LogP contribution >= 0.6 is 0 Å². The predicted molar refractivity (Wildman–Crippen MR) is 65.3 cm³/mol. The van der Waals surface area contributed by atoms with E-state index in [2.05, 4.69) is 6.92 Å². The van der Waals surface area contributed by atoms with Crippen LogP contribution in [0.15, 0.2) is 11.6 Å². The summed E-state index contributed by atoms with van der Waals surface area (Å²) in [5, 5.41) is 0. The average Bonchev–Trinajstić information content (AvgIpc) is 2.51. The molecule has 2 heteroatoms. The van der Waals surface area contributed by atoms with Crippen LogP contribution in [-0.2, 0) is 9.59 Å². The summed E-state index contributed by atoms with van der Waals surface area (Å²) in [4.78, 5) is 23.2. The van der Waals surface area contributed by atoms with Gasteiger partial charge in [-0.15, -0.1) is 0 Å². The van der Waals surface area contributed by atoms with E-state index < -0.39 is 5.41 Å². The van der Waals surface area contributed by atoms with Gasteiger partial charge in [0.15, 0.2) is 5.78 Å². The fraction of sp³-hybridized carbons (Fsp3) is 0.714. The molecular weight excluding hydrogens is 200 g/mol. The smallest absolute Gasteiger partial charge is 0.169 e. The van der Waals surface area contributed by atoms with Crippen LogP contribution in [0.2, 0.25) is 0 Å². The molecule has 0 aromatic rings. The normalized spacial score (nSPS) is 24.7. The predicted octanol–water partition coefficient (Wildman–Crippen LogP) is 3.45. The molecule has 90 valence electrons. The lowest BCUT2D eigenvalue weighted by Gasteiger charge is -2.18. The highest BCUT2D eigenvalue weighted by Gasteiger charge is 2.41. The van der Waals surface area contributed by atoms with E-state index in [9.17, 15) is 9.59 Å². The minimum absolute atomic E-state index is 0.00249. The first-order chi connectivity index (χ1) is 7.50. The standard InChI is InChI=1S/C14H22O2/c1-4-5-6-7-8-12-9-13(16)14(3,10-12)11(2)15/h9H,4-8,10H2,1-3H3. The van der Waals surface area contributed by atoms with Crippen molar-refractivity contribution in [2.24, 2.45) is 5.41 Å². The van der Waals surface area contributed by atoms with E-state index in [1.807, 2.05) is 0 Å². The summed E-state index contributed by atoms with van der Waals surface area (Å²) >= 11 is 0. The first-order valence-electron chi connectivity index (χ1n) is 6.25. The third-order valence-corrected chi connectivity index (χ3v) is 3.59. The fourth-order valence-corrected chi connectivity index (χ4v) is 2.17. The first kappa shape index (κ1) is 13.1. The van der Waals surface area contributed by atoms with Gasteiger partial charge < -0.3 is 0 Å². The number of allylic oxidation sites excluding steroid dienone is 2. The lowest BCUT2D eigenvalue weighted by molar-refractivity contribution is -0.134. The van der Waals surface area contributed by atoms with Crippen molar-refractivity contribution in [3.63, 3.8) is 0 Å². The molecule has 0 N–H and O–H groups in total. The van der Waals surface area contributed by atoms with Gasteiger partial charge in [-0.1, -0.05) is 31.8 Å². The zero-order valence-corrected chi connectivity index (χ0v) is 10.6. The van der Waals surface area contributed by atoms with Crippen LogP contribution < -0.4 is 0 Å². The van der Waals surface area contributed by atoms with Crippen molar-refractivity contribution in [2.75, 3.05) is 0 Å². The van der Waals surface area contributed by atoms with Crippen LogP contribution in [0, 0.1) is 5.41 Å². The van der Waals surface area contributed by atoms with Crippen LogP contribution in [0.3, 0.4) is 0 Å². The molecule has 0 spiro atoms. The number of rotatable bonds is 6. The van der Waals surface area contributed by atoms with Crippen LogP contribution in [0.25, 0.3) is 0 Å². The summed E-state index contributed by atoms with van der Waals surface area (Å²) in [6.07, 6.45) is 8.17. The van der Waals surface area contributed by atoms with Crippen LogP contribution in [-0.4, -0.2) is 11.6 Å². The quantitative estimate of drug-likeness (QED) is 0.509. The van der Waals surface area contributed by atoms with Gasteiger partial charge in [0.25, 0.3) is 0 Å². The van der Waals surface area contributed by atoms with Crippen molar-refractivity contribution in [2.45, 2.75) is 59.3 Å². The number of hydrogen-bond acceptors (Lipinski definition) is 2. The van der Waals surface area contributed by atoms with Gasteiger partial charge in [-0.05, 0) is 39.2 Å². The van der Waals surface area contributed by atoms with E-state index in [0.29, 0.717) is 6.42 Å². The number of carbonyl (C=O) groups is 2. The Bertz CT molecular complexity index is 315.